The largest absolute Gasteiger partial charge is 1.00 e. The molecule has 2 atom stereocenters. The first-order chi connectivity index (χ1) is 7.89. The molecule has 0 aliphatic carbocycles. The van der Waals surface area contributed by atoms with Crippen LogP contribution in [0.5, 0.6) is 0 Å². The van der Waals surface area contributed by atoms with Crippen LogP contribution in [0.1, 0.15) is 18.4 Å². The van der Waals surface area contributed by atoms with Gasteiger partial charge in [-0.05, 0) is 0 Å². The molecule has 1 N–H and O–H groups in total. The number of nitrogens with one attached hydrogen (secondary N) is 1. The predicted octanol–water partition coefficient (Wildman–Crippen LogP) is -1.23. The van der Waals surface area contributed by atoms with Crippen molar-refractivity contribution >= 4 is 0 Å². The molecule has 2 saturated heterocycles. The first-order valence-electron chi connectivity index (χ1n) is 6.49. The summed E-state index contributed by atoms with van der Waals surface area (Å²) in [5, 5.41) is 3.55. The van der Waals surface area contributed by atoms with Gasteiger partial charge in [0.05, 0.1) is 13.1 Å². The highest BCUT2D eigenvalue weighted by Crippen LogP contribution is 2.30. The Labute approximate surface area is 114 Å². The number of quaternary nitrogens is 1. The van der Waals surface area contributed by atoms with Crippen LogP contribution in [0.4, 0.5) is 0 Å². The van der Waals surface area contributed by atoms with E-state index >= 15 is 0 Å². The standard InChI is InChI=1S/C14H21N2.BrH/c1-2-5-13(6-3-1)12-16-9-4-7-14(16)11-15-8-10-16;/h1-3,5-6,14-15H,4,7-12H2;1H/q+1;/p-1. The minimum atomic E-state index is 0. The summed E-state index contributed by atoms with van der Waals surface area (Å²) in [5.41, 5.74) is 1.51. The summed E-state index contributed by atoms with van der Waals surface area (Å²) in [6, 6.07) is 11.9. The molecular formula is C14H21BrN2. The molecular weight excluding hydrogens is 276 g/mol. The maximum atomic E-state index is 3.55. The summed E-state index contributed by atoms with van der Waals surface area (Å²) < 4.78 is 1.34. The maximum Gasteiger partial charge on any atom is 0.105 e. The van der Waals surface area contributed by atoms with Gasteiger partial charge >= 0.3 is 0 Å². The number of piperazine rings is 1. The number of rotatable bonds is 2. The molecule has 0 radical (unpaired) electrons. The third-order valence-electron chi connectivity index (χ3n) is 4.37. The summed E-state index contributed by atoms with van der Waals surface area (Å²) in [7, 11) is 0. The van der Waals surface area contributed by atoms with E-state index in [9.17, 15) is 0 Å². The normalized spacial score (nSPS) is 31.6. The molecule has 17 heavy (non-hydrogen) atoms. The number of hydrogen-bond acceptors (Lipinski definition) is 1. The van der Waals surface area contributed by atoms with E-state index in [0.29, 0.717) is 0 Å². The molecule has 2 heterocycles. The topological polar surface area (TPSA) is 12.0 Å². The molecule has 2 unspecified atom stereocenters. The average molecular weight is 297 g/mol. The van der Waals surface area contributed by atoms with Crippen molar-refractivity contribution in [3.8, 4) is 0 Å². The van der Waals surface area contributed by atoms with Crippen LogP contribution in [0.2, 0.25) is 0 Å². The average Bonchev–Trinajstić information content (AvgIpc) is 2.73. The lowest BCUT2D eigenvalue weighted by Gasteiger charge is -2.43. The van der Waals surface area contributed by atoms with Gasteiger partial charge < -0.3 is 26.8 Å². The summed E-state index contributed by atoms with van der Waals surface area (Å²) >= 11 is 0. The van der Waals surface area contributed by atoms with Gasteiger partial charge in [0.2, 0.25) is 0 Å². The van der Waals surface area contributed by atoms with Crippen molar-refractivity contribution in [3.05, 3.63) is 35.9 Å². The molecule has 0 aromatic heterocycles. The molecule has 0 saturated carbocycles. The molecule has 2 aliphatic rings. The lowest BCUT2D eigenvalue weighted by atomic mass is 10.1. The van der Waals surface area contributed by atoms with E-state index in [1.165, 1.54) is 55.6 Å². The van der Waals surface area contributed by atoms with Crippen molar-refractivity contribution in [3.63, 3.8) is 0 Å². The SMILES string of the molecule is [Br-].c1ccc(C[N+]23CCCC2CNCC3)cc1. The van der Waals surface area contributed by atoms with Crippen molar-refractivity contribution < 1.29 is 21.5 Å². The lowest BCUT2D eigenvalue weighted by molar-refractivity contribution is -0.953. The predicted molar refractivity (Wildman–Crippen MR) is 66.0 cm³/mol. The van der Waals surface area contributed by atoms with Crippen LogP contribution in [-0.2, 0) is 6.54 Å². The van der Waals surface area contributed by atoms with E-state index in [1.807, 2.05) is 0 Å². The highest BCUT2D eigenvalue weighted by atomic mass is 79.9. The Kier molecular flexibility index (Phi) is 4.23. The van der Waals surface area contributed by atoms with Crippen molar-refractivity contribution in [2.45, 2.75) is 25.4 Å². The fourth-order valence-corrected chi connectivity index (χ4v) is 3.49. The van der Waals surface area contributed by atoms with Gasteiger partial charge in [-0.25, -0.2) is 0 Å². The second-order valence-corrected chi connectivity index (χ2v) is 5.31. The van der Waals surface area contributed by atoms with Crippen molar-refractivity contribution in [2.75, 3.05) is 26.2 Å². The zero-order valence-corrected chi connectivity index (χ0v) is 11.8. The van der Waals surface area contributed by atoms with Gasteiger partial charge in [0, 0.05) is 31.5 Å². The quantitative estimate of drug-likeness (QED) is 0.675. The van der Waals surface area contributed by atoms with Gasteiger partial charge in [-0.1, -0.05) is 30.3 Å². The fraction of sp³-hybridized carbons (Fsp3) is 0.571. The molecule has 3 rings (SSSR count). The molecule has 3 heteroatoms. The molecule has 1 aromatic carbocycles. The number of halogens is 1. The van der Waals surface area contributed by atoms with Crippen LogP contribution < -0.4 is 22.3 Å². The zero-order valence-electron chi connectivity index (χ0n) is 10.2. The van der Waals surface area contributed by atoms with Crippen LogP contribution in [0.15, 0.2) is 30.3 Å². The molecule has 1 aromatic rings. The minimum absolute atomic E-state index is 0. The van der Waals surface area contributed by atoms with Crippen molar-refractivity contribution in [1.82, 2.24) is 5.32 Å². The summed E-state index contributed by atoms with van der Waals surface area (Å²) in [6.45, 7) is 6.38. The molecule has 2 nitrogen and oxygen atoms in total. The van der Waals surface area contributed by atoms with Crippen LogP contribution in [0, 0.1) is 0 Å². The van der Waals surface area contributed by atoms with Crippen molar-refractivity contribution in [1.29, 1.82) is 0 Å². The van der Waals surface area contributed by atoms with Crippen molar-refractivity contribution in [2.24, 2.45) is 0 Å². The van der Waals surface area contributed by atoms with Gasteiger partial charge in [0.15, 0.2) is 0 Å². The highest BCUT2D eigenvalue weighted by molar-refractivity contribution is 5.13. The second-order valence-electron chi connectivity index (χ2n) is 5.31. The third-order valence-corrected chi connectivity index (χ3v) is 4.37. The smallest absolute Gasteiger partial charge is 0.105 e. The number of hydrogen-bond donors (Lipinski definition) is 1. The minimum Gasteiger partial charge on any atom is -1.00 e. The summed E-state index contributed by atoms with van der Waals surface area (Å²) in [6.07, 6.45) is 2.83. The van der Waals surface area contributed by atoms with Gasteiger partial charge in [-0.15, -0.1) is 0 Å². The number of benzene rings is 1. The zero-order chi connectivity index (χ0) is 10.8. The Balaban J connectivity index is 0.00000108. The van der Waals surface area contributed by atoms with Gasteiger partial charge in [0.25, 0.3) is 0 Å². The Morgan fingerprint density at radius 1 is 1.18 bits per heavy atom. The van der Waals surface area contributed by atoms with Gasteiger partial charge in [0.1, 0.15) is 12.6 Å². The summed E-state index contributed by atoms with van der Waals surface area (Å²) in [5.74, 6) is 0. The molecule has 2 aliphatic heterocycles. The molecule has 2 fully saturated rings. The summed E-state index contributed by atoms with van der Waals surface area (Å²) in [4.78, 5) is 0. The van der Waals surface area contributed by atoms with E-state index in [1.54, 1.807) is 0 Å². The van der Waals surface area contributed by atoms with E-state index in [4.69, 9.17) is 0 Å². The second kappa shape index (κ2) is 5.51. The monoisotopic (exact) mass is 296 g/mol. The van der Waals surface area contributed by atoms with Crippen LogP contribution in [0.3, 0.4) is 0 Å². The first-order valence-corrected chi connectivity index (χ1v) is 6.49. The Bertz CT molecular complexity index is 354. The third kappa shape index (κ3) is 2.56. The van der Waals surface area contributed by atoms with Crippen LogP contribution in [-0.4, -0.2) is 36.7 Å². The van der Waals surface area contributed by atoms with E-state index in [2.05, 4.69) is 35.6 Å². The van der Waals surface area contributed by atoms with Crippen LogP contribution in [0.25, 0.3) is 0 Å². The van der Waals surface area contributed by atoms with E-state index in [-0.39, 0.29) is 17.0 Å². The van der Waals surface area contributed by atoms with E-state index < -0.39 is 0 Å². The number of fused-ring (bicyclic) bond motifs is 1. The Morgan fingerprint density at radius 3 is 2.82 bits per heavy atom. The molecule has 94 valence electrons. The molecule has 0 amide bonds. The first kappa shape index (κ1) is 13.1. The fourth-order valence-electron chi connectivity index (χ4n) is 3.49. The van der Waals surface area contributed by atoms with Gasteiger partial charge in [-0.3, -0.25) is 0 Å². The lowest BCUT2D eigenvalue weighted by Crippen LogP contribution is -3.00. The maximum absolute atomic E-state index is 3.55. The highest BCUT2D eigenvalue weighted by Gasteiger charge is 2.43. The number of nitrogens with zero attached hydrogens (tertiary/aromatic N) is 1. The Hall–Kier alpha value is -0.380. The Morgan fingerprint density at radius 2 is 2.00 bits per heavy atom. The van der Waals surface area contributed by atoms with E-state index in [0.717, 1.165) is 6.04 Å². The van der Waals surface area contributed by atoms with Gasteiger partial charge in [-0.2, -0.15) is 0 Å². The van der Waals surface area contributed by atoms with Crippen LogP contribution >= 0.6 is 0 Å². The molecule has 0 spiro atoms. The molecule has 0 bridgehead atoms.